The van der Waals surface area contributed by atoms with Crippen LogP contribution in [0.5, 0.6) is 0 Å². The maximum absolute atomic E-state index is 12.2. The Bertz CT molecular complexity index is 499. The summed E-state index contributed by atoms with van der Waals surface area (Å²) in [5.41, 5.74) is 2.29. The number of benzene rings is 1. The number of fused-ring (bicyclic) bond motifs is 1. The summed E-state index contributed by atoms with van der Waals surface area (Å²) in [5.74, 6) is -0.0776. The molecule has 102 valence electrons. The lowest BCUT2D eigenvalue weighted by molar-refractivity contribution is -0.115. The molecule has 0 saturated heterocycles. The van der Waals surface area contributed by atoms with Crippen molar-refractivity contribution in [2.75, 3.05) is 32.1 Å². The maximum Gasteiger partial charge on any atom is 0.253 e. The van der Waals surface area contributed by atoms with Gasteiger partial charge in [0.2, 0.25) is 5.91 Å². The Morgan fingerprint density at radius 1 is 1.47 bits per heavy atom. The number of hydrogen-bond acceptors (Lipinski definition) is 3. The van der Waals surface area contributed by atoms with E-state index in [4.69, 9.17) is 4.74 Å². The van der Waals surface area contributed by atoms with Crippen LogP contribution in [0.1, 0.15) is 22.8 Å². The standard InChI is InChI=1S/C14H18N2O3/c1-3-19-7-6-16(2)14(18)10-4-5-12-11(8-10)9-13(17)15-12/h4-5,8H,3,6-7,9H2,1-2H3,(H,15,17). The first-order chi connectivity index (χ1) is 9.11. The van der Waals surface area contributed by atoms with Crippen LogP contribution in [0, 0.1) is 0 Å². The number of hydrogen-bond donors (Lipinski definition) is 1. The van der Waals surface area contributed by atoms with Crippen LogP contribution in [0.2, 0.25) is 0 Å². The Balaban J connectivity index is 2.04. The van der Waals surface area contributed by atoms with E-state index < -0.39 is 0 Å². The van der Waals surface area contributed by atoms with Crippen molar-refractivity contribution >= 4 is 17.5 Å². The highest BCUT2D eigenvalue weighted by molar-refractivity contribution is 6.01. The normalized spacial score (nSPS) is 13.1. The topological polar surface area (TPSA) is 58.6 Å². The van der Waals surface area contributed by atoms with Gasteiger partial charge in [-0.25, -0.2) is 0 Å². The highest BCUT2D eigenvalue weighted by Gasteiger charge is 2.20. The third-order valence-corrected chi connectivity index (χ3v) is 3.10. The Labute approximate surface area is 112 Å². The summed E-state index contributed by atoms with van der Waals surface area (Å²) in [6.07, 6.45) is 0.346. The van der Waals surface area contributed by atoms with Crippen molar-refractivity contribution in [2.45, 2.75) is 13.3 Å². The van der Waals surface area contributed by atoms with Gasteiger partial charge >= 0.3 is 0 Å². The van der Waals surface area contributed by atoms with Crippen LogP contribution in [0.4, 0.5) is 5.69 Å². The maximum atomic E-state index is 12.2. The molecule has 19 heavy (non-hydrogen) atoms. The number of carbonyl (C=O) groups excluding carboxylic acids is 2. The number of likely N-dealkylation sites (N-methyl/N-ethyl adjacent to an activating group) is 1. The molecule has 2 rings (SSSR count). The van der Waals surface area contributed by atoms with E-state index in [0.29, 0.717) is 31.7 Å². The van der Waals surface area contributed by atoms with Crippen molar-refractivity contribution in [2.24, 2.45) is 0 Å². The minimum atomic E-state index is -0.0538. The summed E-state index contributed by atoms with van der Waals surface area (Å²) in [5, 5.41) is 2.75. The summed E-state index contributed by atoms with van der Waals surface area (Å²) in [7, 11) is 1.75. The van der Waals surface area contributed by atoms with E-state index >= 15 is 0 Å². The zero-order chi connectivity index (χ0) is 13.8. The lowest BCUT2D eigenvalue weighted by Crippen LogP contribution is -2.30. The molecule has 1 aromatic carbocycles. The van der Waals surface area contributed by atoms with Gasteiger partial charge in [0.1, 0.15) is 0 Å². The van der Waals surface area contributed by atoms with Crippen LogP contribution >= 0.6 is 0 Å². The fourth-order valence-corrected chi connectivity index (χ4v) is 2.03. The molecule has 5 nitrogen and oxygen atoms in total. The van der Waals surface area contributed by atoms with Gasteiger partial charge in [-0.05, 0) is 30.7 Å². The molecule has 0 bridgehead atoms. The molecule has 0 saturated carbocycles. The number of anilines is 1. The molecule has 1 heterocycles. The van der Waals surface area contributed by atoms with Gasteiger partial charge in [-0.2, -0.15) is 0 Å². The second-order valence-corrected chi connectivity index (χ2v) is 4.52. The van der Waals surface area contributed by atoms with E-state index in [1.165, 1.54) is 0 Å². The number of ether oxygens (including phenoxy) is 1. The van der Waals surface area contributed by atoms with Crippen molar-refractivity contribution in [1.82, 2.24) is 4.90 Å². The number of amides is 2. The predicted octanol–water partition coefficient (Wildman–Crippen LogP) is 1.29. The zero-order valence-corrected chi connectivity index (χ0v) is 11.2. The number of nitrogens with zero attached hydrogens (tertiary/aromatic N) is 1. The molecule has 1 N–H and O–H groups in total. The fourth-order valence-electron chi connectivity index (χ4n) is 2.03. The van der Waals surface area contributed by atoms with Crippen LogP contribution in [0.25, 0.3) is 0 Å². The van der Waals surface area contributed by atoms with Crippen LogP contribution in [-0.2, 0) is 16.0 Å². The van der Waals surface area contributed by atoms with Crippen LogP contribution in [-0.4, -0.2) is 43.5 Å². The Morgan fingerprint density at radius 3 is 3.00 bits per heavy atom. The molecule has 5 heteroatoms. The minimum absolute atomic E-state index is 0.0238. The van der Waals surface area contributed by atoms with Crippen molar-refractivity contribution in [3.8, 4) is 0 Å². The summed E-state index contributed by atoms with van der Waals surface area (Å²) in [6.45, 7) is 3.66. The van der Waals surface area contributed by atoms with E-state index in [2.05, 4.69) is 5.32 Å². The quantitative estimate of drug-likeness (QED) is 0.813. The summed E-state index contributed by atoms with van der Waals surface area (Å²) in [6, 6.07) is 5.31. The summed E-state index contributed by atoms with van der Waals surface area (Å²) < 4.78 is 5.23. The van der Waals surface area contributed by atoms with E-state index in [9.17, 15) is 9.59 Å². The predicted molar refractivity (Wildman–Crippen MR) is 72.2 cm³/mol. The lowest BCUT2D eigenvalue weighted by atomic mass is 10.1. The molecule has 1 aliphatic heterocycles. The highest BCUT2D eigenvalue weighted by atomic mass is 16.5. The van der Waals surface area contributed by atoms with Crippen molar-refractivity contribution in [3.63, 3.8) is 0 Å². The van der Waals surface area contributed by atoms with Gasteiger partial charge in [0, 0.05) is 31.5 Å². The zero-order valence-electron chi connectivity index (χ0n) is 11.2. The van der Waals surface area contributed by atoms with E-state index in [1.54, 1.807) is 30.1 Å². The van der Waals surface area contributed by atoms with Crippen molar-refractivity contribution < 1.29 is 14.3 Å². The van der Waals surface area contributed by atoms with Crippen LogP contribution < -0.4 is 5.32 Å². The van der Waals surface area contributed by atoms with Crippen LogP contribution in [0.3, 0.4) is 0 Å². The van der Waals surface area contributed by atoms with Gasteiger partial charge < -0.3 is 15.0 Å². The van der Waals surface area contributed by atoms with Gasteiger partial charge in [0.15, 0.2) is 0 Å². The molecule has 1 aliphatic rings. The lowest BCUT2D eigenvalue weighted by Gasteiger charge is -2.17. The van der Waals surface area contributed by atoms with Gasteiger partial charge in [-0.15, -0.1) is 0 Å². The molecular formula is C14H18N2O3. The number of nitrogens with one attached hydrogen (secondary N) is 1. The number of rotatable bonds is 5. The molecule has 0 unspecified atom stereocenters. The first-order valence-corrected chi connectivity index (χ1v) is 6.37. The van der Waals surface area contributed by atoms with E-state index in [1.807, 2.05) is 6.92 Å². The average Bonchev–Trinajstić information content (AvgIpc) is 2.77. The second-order valence-electron chi connectivity index (χ2n) is 4.52. The Hall–Kier alpha value is -1.88. The monoisotopic (exact) mass is 262 g/mol. The first-order valence-electron chi connectivity index (χ1n) is 6.37. The third-order valence-electron chi connectivity index (χ3n) is 3.10. The Kier molecular flexibility index (Phi) is 4.16. The largest absolute Gasteiger partial charge is 0.380 e. The van der Waals surface area contributed by atoms with Gasteiger partial charge in [-0.1, -0.05) is 0 Å². The van der Waals surface area contributed by atoms with Crippen molar-refractivity contribution in [3.05, 3.63) is 29.3 Å². The van der Waals surface area contributed by atoms with Crippen molar-refractivity contribution in [1.29, 1.82) is 0 Å². The van der Waals surface area contributed by atoms with Gasteiger partial charge in [-0.3, -0.25) is 9.59 Å². The number of carbonyl (C=O) groups is 2. The van der Waals surface area contributed by atoms with Gasteiger partial charge in [0.05, 0.1) is 13.0 Å². The highest BCUT2D eigenvalue weighted by Crippen LogP contribution is 2.24. The third kappa shape index (κ3) is 3.12. The molecule has 0 spiro atoms. The molecule has 1 aromatic rings. The minimum Gasteiger partial charge on any atom is -0.380 e. The molecule has 0 radical (unpaired) electrons. The molecule has 0 atom stereocenters. The molecule has 0 fully saturated rings. The molecule has 2 amide bonds. The average molecular weight is 262 g/mol. The Morgan fingerprint density at radius 2 is 2.26 bits per heavy atom. The smallest absolute Gasteiger partial charge is 0.253 e. The van der Waals surface area contributed by atoms with Gasteiger partial charge in [0.25, 0.3) is 5.91 Å². The summed E-state index contributed by atoms with van der Waals surface area (Å²) >= 11 is 0. The SMILES string of the molecule is CCOCCN(C)C(=O)c1ccc2c(c1)CC(=O)N2. The second kappa shape index (κ2) is 5.84. The summed E-state index contributed by atoms with van der Waals surface area (Å²) in [4.78, 5) is 25.1. The van der Waals surface area contributed by atoms with E-state index in [-0.39, 0.29) is 11.8 Å². The molecular weight excluding hydrogens is 244 g/mol. The first kappa shape index (κ1) is 13.5. The molecule has 0 aliphatic carbocycles. The molecule has 0 aromatic heterocycles. The van der Waals surface area contributed by atoms with E-state index in [0.717, 1.165) is 11.3 Å². The fraction of sp³-hybridized carbons (Fsp3) is 0.429. The van der Waals surface area contributed by atoms with Crippen LogP contribution in [0.15, 0.2) is 18.2 Å².